The molecule has 2 aromatic rings. The highest BCUT2D eigenvalue weighted by molar-refractivity contribution is 5.76. The minimum Gasteiger partial charge on any atom is -0.369 e. The molecule has 3 rings (SSSR count). The van der Waals surface area contributed by atoms with Crippen LogP contribution in [0.1, 0.15) is 12.0 Å². The van der Waals surface area contributed by atoms with Crippen LogP contribution in [-0.4, -0.2) is 56.7 Å². The number of amides is 1. The van der Waals surface area contributed by atoms with Crippen LogP contribution in [0.25, 0.3) is 0 Å². The van der Waals surface area contributed by atoms with Gasteiger partial charge in [-0.05, 0) is 12.0 Å². The number of hydrogen-bond donors (Lipinski definition) is 2. The largest absolute Gasteiger partial charge is 0.369 e. The van der Waals surface area contributed by atoms with Crippen LogP contribution in [-0.2, 0) is 18.3 Å². The highest BCUT2D eigenvalue weighted by atomic mass is 16.2. The van der Waals surface area contributed by atoms with Crippen molar-refractivity contribution in [3.05, 3.63) is 34.4 Å². The summed E-state index contributed by atoms with van der Waals surface area (Å²) in [5.41, 5.74) is 6.37. The third-order valence-corrected chi connectivity index (χ3v) is 4.09. The number of H-pyrrole nitrogens is 1. The molecule has 0 bridgehead atoms. The predicted octanol–water partition coefficient (Wildman–Crippen LogP) is -0.633. The van der Waals surface area contributed by atoms with Gasteiger partial charge in [0.15, 0.2) is 0 Å². The molecule has 24 heavy (non-hydrogen) atoms. The van der Waals surface area contributed by atoms with E-state index in [4.69, 9.17) is 5.73 Å². The molecule has 3 N–H and O–H groups in total. The number of aryl methyl sites for hydroxylation is 2. The Kier molecular flexibility index (Phi) is 4.50. The number of carbonyl (C=O) groups excluding carboxylic acids is 1. The summed E-state index contributed by atoms with van der Waals surface area (Å²) in [6.45, 7) is 2.49. The number of nitrogens with zero attached hydrogens (tertiary/aromatic N) is 5. The van der Waals surface area contributed by atoms with Crippen molar-refractivity contribution in [1.29, 1.82) is 0 Å². The minimum atomic E-state index is -0.271. The molecule has 0 radical (unpaired) electrons. The number of piperazine rings is 1. The summed E-state index contributed by atoms with van der Waals surface area (Å²) in [6.07, 6.45) is 4.88. The van der Waals surface area contributed by atoms with E-state index in [1.165, 1.54) is 6.07 Å². The third kappa shape index (κ3) is 3.73. The SMILES string of the molecule is Cn1cc(CCC(=O)N2CCN(c3cc(=O)[nH]c(N)n3)CC2)cn1. The van der Waals surface area contributed by atoms with E-state index in [1.807, 2.05) is 23.0 Å². The van der Waals surface area contributed by atoms with Crippen molar-refractivity contribution in [2.45, 2.75) is 12.8 Å². The summed E-state index contributed by atoms with van der Waals surface area (Å²) in [7, 11) is 1.86. The number of nitrogen functional groups attached to an aromatic ring is 1. The molecule has 0 atom stereocenters. The fourth-order valence-corrected chi connectivity index (χ4v) is 2.82. The normalized spacial score (nSPS) is 14.9. The first-order chi connectivity index (χ1) is 11.5. The Morgan fingerprint density at radius 1 is 1.33 bits per heavy atom. The summed E-state index contributed by atoms with van der Waals surface area (Å²) in [5, 5.41) is 4.10. The van der Waals surface area contributed by atoms with E-state index in [0.29, 0.717) is 44.8 Å². The number of hydrogen-bond acceptors (Lipinski definition) is 6. The Labute approximate surface area is 139 Å². The fourth-order valence-electron chi connectivity index (χ4n) is 2.82. The van der Waals surface area contributed by atoms with E-state index in [1.54, 1.807) is 10.9 Å². The molecule has 9 nitrogen and oxygen atoms in total. The van der Waals surface area contributed by atoms with E-state index >= 15 is 0 Å². The molecular formula is C15H21N7O2. The van der Waals surface area contributed by atoms with Crippen molar-refractivity contribution in [3.8, 4) is 0 Å². The van der Waals surface area contributed by atoms with Crippen LogP contribution in [0.15, 0.2) is 23.3 Å². The number of aromatic amines is 1. The number of carbonyl (C=O) groups is 1. The maximum Gasteiger partial charge on any atom is 0.254 e. The van der Waals surface area contributed by atoms with E-state index < -0.39 is 0 Å². The first kappa shape index (κ1) is 16.0. The monoisotopic (exact) mass is 331 g/mol. The van der Waals surface area contributed by atoms with E-state index in [9.17, 15) is 9.59 Å². The first-order valence-corrected chi connectivity index (χ1v) is 7.88. The average molecular weight is 331 g/mol. The van der Waals surface area contributed by atoms with Crippen LogP contribution < -0.4 is 16.2 Å². The number of nitrogens with two attached hydrogens (primary N) is 1. The number of rotatable bonds is 4. The lowest BCUT2D eigenvalue weighted by Crippen LogP contribution is -2.49. The van der Waals surface area contributed by atoms with Crippen LogP contribution >= 0.6 is 0 Å². The minimum absolute atomic E-state index is 0.104. The molecule has 0 unspecified atom stereocenters. The second kappa shape index (κ2) is 6.73. The van der Waals surface area contributed by atoms with Crippen molar-refractivity contribution in [2.24, 2.45) is 7.05 Å². The Morgan fingerprint density at radius 3 is 2.71 bits per heavy atom. The maximum absolute atomic E-state index is 12.3. The van der Waals surface area contributed by atoms with Gasteiger partial charge in [0.1, 0.15) is 5.82 Å². The van der Waals surface area contributed by atoms with Gasteiger partial charge in [-0.1, -0.05) is 0 Å². The third-order valence-electron chi connectivity index (χ3n) is 4.09. The smallest absolute Gasteiger partial charge is 0.254 e. The van der Waals surface area contributed by atoms with Crippen LogP contribution in [0, 0.1) is 0 Å². The summed E-state index contributed by atoms with van der Waals surface area (Å²) in [5.74, 6) is 0.795. The van der Waals surface area contributed by atoms with Crippen molar-refractivity contribution >= 4 is 17.7 Å². The van der Waals surface area contributed by atoms with Gasteiger partial charge in [-0.3, -0.25) is 19.3 Å². The van der Waals surface area contributed by atoms with Gasteiger partial charge >= 0.3 is 0 Å². The quantitative estimate of drug-likeness (QED) is 0.771. The molecule has 9 heteroatoms. The second-order valence-corrected chi connectivity index (χ2v) is 5.88. The van der Waals surface area contributed by atoms with Crippen molar-refractivity contribution < 1.29 is 4.79 Å². The number of aromatic nitrogens is 4. The zero-order chi connectivity index (χ0) is 17.1. The standard InChI is InChI=1S/C15H21N7O2/c1-20-10-11(9-17-20)2-3-14(24)22-6-4-21(5-7-22)12-8-13(23)19-15(16)18-12/h8-10H,2-7H2,1H3,(H3,16,18,19,23). The van der Waals surface area contributed by atoms with Gasteiger partial charge in [-0.2, -0.15) is 10.1 Å². The Balaban J connectivity index is 1.52. The molecule has 1 fully saturated rings. The van der Waals surface area contributed by atoms with Gasteiger partial charge in [-0.15, -0.1) is 0 Å². The highest BCUT2D eigenvalue weighted by Crippen LogP contribution is 2.13. The summed E-state index contributed by atoms with van der Waals surface area (Å²) >= 11 is 0. The van der Waals surface area contributed by atoms with Crippen LogP contribution in [0.5, 0.6) is 0 Å². The molecule has 0 aliphatic carbocycles. The van der Waals surface area contributed by atoms with Crippen LogP contribution in [0.2, 0.25) is 0 Å². The molecule has 1 amide bonds. The van der Waals surface area contributed by atoms with Crippen molar-refractivity contribution in [2.75, 3.05) is 36.8 Å². The topological polar surface area (TPSA) is 113 Å². The molecule has 0 saturated carbocycles. The molecule has 1 aliphatic heterocycles. The Morgan fingerprint density at radius 2 is 2.08 bits per heavy atom. The van der Waals surface area contributed by atoms with E-state index in [0.717, 1.165) is 5.56 Å². The lowest BCUT2D eigenvalue weighted by Gasteiger charge is -2.35. The highest BCUT2D eigenvalue weighted by Gasteiger charge is 2.22. The zero-order valence-corrected chi connectivity index (χ0v) is 13.6. The summed E-state index contributed by atoms with van der Waals surface area (Å²) in [4.78, 5) is 34.2. The van der Waals surface area contributed by atoms with Gasteiger partial charge in [0.25, 0.3) is 5.56 Å². The number of anilines is 2. The first-order valence-electron chi connectivity index (χ1n) is 7.88. The average Bonchev–Trinajstić information content (AvgIpc) is 2.97. The molecule has 1 saturated heterocycles. The summed E-state index contributed by atoms with van der Waals surface area (Å²) in [6, 6.07) is 1.43. The summed E-state index contributed by atoms with van der Waals surface area (Å²) < 4.78 is 1.73. The zero-order valence-electron chi connectivity index (χ0n) is 13.6. The lowest BCUT2D eigenvalue weighted by atomic mass is 10.1. The Hall–Kier alpha value is -2.84. The van der Waals surface area contributed by atoms with Crippen LogP contribution in [0.4, 0.5) is 11.8 Å². The van der Waals surface area contributed by atoms with Gasteiger partial charge in [-0.25, -0.2) is 0 Å². The van der Waals surface area contributed by atoms with Gasteiger partial charge < -0.3 is 15.5 Å². The van der Waals surface area contributed by atoms with Gasteiger partial charge in [0, 0.05) is 51.9 Å². The maximum atomic E-state index is 12.3. The van der Waals surface area contributed by atoms with Crippen molar-refractivity contribution in [3.63, 3.8) is 0 Å². The fraction of sp³-hybridized carbons (Fsp3) is 0.467. The molecule has 0 spiro atoms. The van der Waals surface area contributed by atoms with E-state index in [2.05, 4.69) is 15.1 Å². The molecule has 128 valence electrons. The lowest BCUT2D eigenvalue weighted by molar-refractivity contribution is -0.131. The number of nitrogens with one attached hydrogen (secondary N) is 1. The van der Waals surface area contributed by atoms with E-state index in [-0.39, 0.29) is 17.4 Å². The van der Waals surface area contributed by atoms with Gasteiger partial charge in [0.05, 0.1) is 6.20 Å². The molecular weight excluding hydrogens is 310 g/mol. The second-order valence-electron chi connectivity index (χ2n) is 5.88. The molecule has 0 aromatic carbocycles. The van der Waals surface area contributed by atoms with Crippen LogP contribution in [0.3, 0.4) is 0 Å². The molecule has 3 heterocycles. The predicted molar refractivity (Wildman–Crippen MR) is 89.6 cm³/mol. The van der Waals surface area contributed by atoms with Gasteiger partial charge in [0.2, 0.25) is 11.9 Å². The molecule has 2 aromatic heterocycles. The Bertz CT molecular complexity index is 774. The van der Waals surface area contributed by atoms with Crippen molar-refractivity contribution in [1.82, 2.24) is 24.6 Å². The molecule has 1 aliphatic rings.